The largest absolute Gasteiger partial charge is 0.497 e. The number of H-pyrrole nitrogens is 1. The molecule has 0 saturated heterocycles. The van der Waals surface area contributed by atoms with Gasteiger partial charge in [0.1, 0.15) is 18.0 Å². The first-order valence-electron chi connectivity index (χ1n) is 12.4. The van der Waals surface area contributed by atoms with Crippen LogP contribution in [0.25, 0.3) is 21.8 Å². The Hall–Kier alpha value is -4.52. The molecule has 0 spiro atoms. The highest BCUT2D eigenvalue weighted by Crippen LogP contribution is 2.44. The Morgan fingerprint density at radius 3 is 2.51 bits per heavy atom. The van der Waals surface area contributed by atoms with Crippen LogP contribution in [0.15, 0.2) is 79.0 Å². The van der Waals surface area contributed by atoms with Crippen LogP contribution in [0.3, 0.4) is 0 Å². The maximum absolute atomic E-state index is 13.7. The summed E-state index contributed by atoms with van der Waals surface area (Å²) in [7, 11) is 3.54. The van der Waals surface area contributed by atoms with Gasteiger partial charge in [-0.1, -0.05) is 48.5 Å². The van der Waals surface area contributed by atoms with Gasteiger partial charge < -0.3 is 24.5 Å². The van der Waals surface area contributed by atoms with Crippen LogP contribution in [0, 0.1) is 0 Å². The molecule has 3 aromatic carbocycles. The summed E-state index contributed by atoms with van der Waals surface area (Å²) in [5.41, 5.74) is 5.76. The zero-order valence-corrected chi connectivity index (χ0v) is 20.8. The minimum atomic E-state index is -0.362. The number of benzene rings is 3. The van der Waals surface area contributed by atoms with Crippen molar-refractivity contribution in [3.05, 3.63) is 101 Å². The van der Waals surface area contributed by atoms with E-state index in [0.29, 0.717) is 18.7 Å². The first-order valence-corrected chi connectivity index (χ1v) is 12.4. The van der Waals surface area contributed by atoms with Crippen LogP contribution in [0.5, 0.6) is 5.75 Å². The summed E-state index contributed by atoms with van der Waals surface area (Å²) in [5, 5.41) is 5.21. The molecule has 0 unspecified atom stereocenters. The van der Waals surface area contributed by atoms with Gasteiger partial charge in [0.25, 0.3) is 5.91 Å². The fraction of sp³-hybridized carbons (Fsp3) is 0.200. The van der Waals surface area contributed by atoms with Crippen molar-refractivity contribution < 1.29 is 14.3 Å². The zero-order chi connectivity index (χ0) is 25.5. The Kier molecular flexibility index (Phi) is 5.68. The average molecular weight is 493 g/mol. The van der Waals surface area contributed by atoms with Gasteiger partial charge in [0.15, 0.2) is 0 Å². The maximum atomic E-state index is 13.7. The highest BCUT2D eigenvalue weighted by atomic mass is 16.5. The van der Waals surface area contributed by atoms with Crippen LogP contribution >= 0.6 is 0 Å². The van der Waals surface area contributed by atoms with Crippen LogP contribution in [0.2, 0.25) is 0 Å². The number of hydrogen-bond acceptors (Lipinski definition) is 3. The van der Waals surface area contributed by atoms with Gasteiger partial charge in [-0.25, -0.2) is 0 Å². The molecule has 7 nitrogen and oxygen atoms in total. The normalized spacial score (nSPS) is 14.9. The molecular weight excluding hydrogens is 464 g/mol. The summed E-state index contributed by atoms with van der Waals surface area (Å²) < 4.78 is 7.28. The summed E-state index contributed by atoms with van der Waals surface area (Å²) in [6, 6.07) is 23.5. The van der Waals surface area contributed by atoms with E-state index in [4.69, 9.17) is 4.74 Å². The Morgan fingerprint density at radius 1 is 1.00 bits per heavy atom. The summed E-state index contributed by atoms with van der Waals surface area (Å²) in [4.78, 5) is 31.8. The molecule has 2 N–H and O–H groups in total. The molecule has 2 aromatic heterocycles. The van der Waals surface area contributed by atoms with Crippen molar-refractivity contribution in [2.75, 3.05) is 20.2 Å². The smallest absolute Gasteiger partial charge is 0.272 e. The quantitative estimate of drug-likeness (QED) is 0.349. The zero-order valence-electron chi connectivity index (χ0n) is 20.8. The Morgan fingerprint density at radius 2 is 1.73 bits per heavy atom. The number of para-hydroxylation sites is 2. The third-order valence-corrected chi connectivity index (χ3v) is 7.33. The fourth-order valence-corrected chi connectivity index (χ4v) is 5.55. The second kappa shape index (κ2) is 9.17. The number of nitrogens with one attached hydrogen (secondary N) is 2. The van der Waals surface area contributed by atoms with Crippen molar-refractivity contribution in [3.63, 3.8) is 0 Å². The molecule has 7 heteroatoms. The van der Waals surface area contributed by atoms with E-state index in [1.807, 2.05) is 84.5 Å². The van der Waals surface area contributed by atoms with E-state index >= 15 is 0 Å². The van der Waals surface area contributed by atoms with Crippen molar-refractivity contribution in [2.45, 2.75) is 12.5 Å². The molecule has 0 saturated carbocycles. The Balaban J connectivity index is 1.26. The van der Waals surface area contributed by atoms with Gasteiger partial charge in [-0.3, -0.25) is 9.59 Å². The molecule has 0 radical (unpaired) electrons. The number of aryl methyl sites for hydroxylation is 1. The van der Waals surface area contributed by atoms with E-state index in [0.717, 1.165) is 44.2 Å². The summed E-state index contributed by atoms with van der Waals surface area (Å²) >= 11 is 0. The van der Waals surface area contributed by atoms with Crippen molar-refractivity contribution in [1.82, 2.24) is 19.8 Å². The second-order valence-electron chi connectivity index (χ2n) is 9.41. The van der Waals surface area contributed by atoms with E-state index < -0.39 is 0 Å². The molecule has 1 aliphatic rings. The Bertz CT molecular complexity index is 1630. The van der Waals surface area contributed by atoms with Crippen molar-refractivity contribution in [1.29, 1.82) is 0 Å². The molecule has 1 aliphatic heterocycles. The number of carbonyl (C=O) groups excluding carboxylic acids is 2. The highest BCUT2D eigenvalue weighted by molar-refractivity contribution is 6.07. The van der Waals surface area contributed by atoms with Crippen molar-refractivity contribution in [3.8, 4) is 5.75 Å². The van der Waals surface area contributed by atoms with E-state index in [2.05, 4.69) is 16.4 Å². The molecule has 1 atom stereocenters. The van der Waals surface area contributed by atoms with Crippen LogP contribution in [-0.2, 0) is 18.3 Å². The molecule has 6 rings (SSSR count). The van der Waals surface area contributed by atoms with E-state index in [9.17, 15) is 9.59 Å². The number of aromatic nitrogens is 2. The van der Waals surface area contributed by atoms with Gasteiger partial charge in [0, 0.05) is 47.2 Å². The van der Waals surface area contributed by atoms with Gasteiger partial charge in [-0.05, 0) is 41.8 Å². The lowest BCUT2D eigenvalue weighted by molar-refractivity contribution is -0.122. The number of rotatable bonds is 7. The number of fused-ring (bicyclic) bond motifs is 4. The number of methoxy groups -OCH3 is 1. The molecule has 0 fully saturated rings. The molecule has 3 heterocycles. The van der Waals surface area contributed by atoms with Gasteiger partial charge in [-0.15, -0.1) is 0 Å². The third-order valence-electron chi connectivity index (χ3n) is 7.33. The third kappa shape index (κ3) is 3.83. The van der Waals surface area contributed by atoms with Crippen molar-refractivity contribution in [2.24, 2.45) is 7.05 Å². The number of nitrogens with zero attached hydrogens (tertiary/aromatic N) is 2. The van der Waals surface area contributed by atoms with E-state index in [-0.39, 0.29) is 24.4 Å². The maximum Gasteiger partial charge on any atom is 0.272 e. The lowest BCUT2D eigenvalue weighted by Crippen LogP contribution is -2.40. The number of amides is 2. The molecule has 2 amide bonds. The predicted molar refractivity (Wildman–Crippen MR) is 144 cm³/mol. The lowest BCUT2D eigenvalue weighted by Gasteiger charge is -2.26. The van der Waals surface area contributed by atoms with E-state index in [1.165, 1.54) is 0 Å². The summed E-state index contributed by atoms with van der Waals surface area (Å²) in [6.45, 7) is 0.470. The number of hydrogen-bond donors (Lipinski definition) is 2. The molecule has 0 bridgehead atoms. The lowest BCUT2D eigenvalue weighted by atomic mass is 9.98. The summed E-state index contributed by atoms with van der Waals surface area (Å²) in [5.74, 6) is 0.429. The standard InChI is InChI=1S/C30H28N4O3/c1-33-25-10-6-4-8-23(25)27-28(19-11-13-21(37-2)14-12-19)34(30(36)29(27)33)18-26(35)31-16-15-20-17-32-24-9-5-3-7-22(20)24/h3-14,17,28,32H,15-16,18H2,1-2H3,(H,31,35)/t28-/m0/s1. The van der Waals surface area contributed by atoms with Crippen molar-refractivity contribution >= 4 is 33.6 Å². The van der Waals surface area contributed by atoms with Gasteiger partial charge >= 0.3 is 0 Å². The molecular formula is C30H28N4O3. The van der Waals surface area contributed by atoms with Crippen LogP contribution in [0.1, 0.15) is 33.2 Å². The Labute approximate surface area is 214 Å². The van der Waals surface area contributed by atoms with Gasteiger partial charge in [0.2, 0.25) is 5.91 Å². The number of ether oxygens (including phenoxy) is 1. The number of aromatic amines is 1. The fourth-order valence-electron chi connectivity index (χ4n) is 5.55. The molecule has 37 heavy (non-hydrogen) atoms. The number of carbonyl (C=O) groups is 2. The van der Waals surface area contributed by atoms with E-state index in [1.54, 1.807) is 12.0 Å². The predicted octanol–water partition coefficient (Wildman–Crippen LogP) is 4.57. The second-order valence-corrected chi connectivity index (χ2v) is 9.41. The SMILES string of the molecule is COc1ccc([C@H]2c3c(n(C)c4ccccc34)C(=O)N2CC(=O)NCCc2c[nH]c3ccccc23)cc1. The topological polar surface area (TPSA) is 79.4 Å². The molecule has 0 aliphatic carbocycles. The monoisotopic (exact) mass is 492 g/mol. The van der Waals surface area contributed by atoms with Crippen LogP contribution < -0.4 is 10.1 Å². The van der Waals surface area contributed by atoms with Gasteiger partial charge in [0.05, 0.1) is 13.2 Å². The van der Waals surface area contributed by atoms with Crippen LogP contribution in [-0.4, -0.2) is 46.5 Å². The first-order chi connectivity index (χ1) is 18.1. The minimum absolute atomic E-state index is 0.0214. The highest BCUT2D eigenvalue weighted by Gasteiger charge is 2.42. The first kappa shape index (κ1) is 22.9. The summed E-state index contributed by atoms with van der Waals surface area (Å²) in [6.07, 6.45) is 2.69. The van der Waals surface area contributed by atoms with Gasteiger partial charge in [-0.2, -0.15) is 0 Å². The minimum Gasteiger partial charge on any atom is -0.497 e. The molecule has 186 valence electrons. The average Bonchev–Trinajstić information content (AvgIpc) is 3.56. The molecule has 5 aromatic rings. The van der Waals surface area contributed by atoms with Crippen LogP contribution in [0.4, 0.5) is 0 Å².